The molecule has 166 valence electrons. The second-order valence-electron chi connectivity index (χ2n) is 8.02. The Morgan fingerprint density at radius 2 is 2.00 bits per heavy atom. The van der Waals surface area contributed by atoms with Crippen molar-refractivity contribution in [2.24, 2.45) is 0 Å². The van der Waals surface area contributed by atoms with Gasteiger partial charge in [0.1, 0.15) is 12.4 Å². The van der Waals surface area contributed by atoms with E-state index in [1.807, 2.05) is 13.8 Å². The summed E-state index contributed by atoms with van der Waals surface area (Å²) in [5.74, 6) is -0.342. The van der Waals surface area contributed by atoms with E-state index in [9.17, 15) is 9.18 Å². The van der Waals surface area contributed by atoms with Crippen LogP contribution < -0.4 is 15.5 Å². The number of carbonyl (C=O) groups is 1. The maximum Gasteiger partial charge on any atom is 0.415 e. The van der Waals surface area contributed by atoms with Crippen LogP contribution in [0.15, 0.2) is 30.3 Å². The van der Waals surface area contributed by atoms with Crippen molar-refractivity contribution in [3.8, 4) is 0 Å². The van der Waals surface area contributed by atoms with Gasteiger partial charge in [-0.3, -0.25) is 9.80 Å². The largest absolute Gasteiger partial charge is 0.447 e. The summed E-state index contributed by atoms with van der Waals surface area (Å²) in [4.78, 5) is 24.1. The Kier molecular flexibility index (Phi) is 6.62. The Hall–Kier alpha value is -2.78. The summed E-state index contributed by atoms with van der Waals surface area (Å²) in [6, 6.07) is 9.26. The predicted octanol–water partition coefficient (Wildman–Crippen LogP) is 2.93. The Labute approximate surface area is 181 Å². The molecule has 0 spiro atoms. The third-order valence-corrected chi connectivity index (χ3v) is 5.80. The lowest BCUT2D eigenvalue weighted by Crippen LogP contribution is -2.42. The van der Waals surface area contributed by atoms with Gasteiger partial charge in [-0.1, -0.05) is 31.2 Å². The van der Waals surface area contributed by atoms with E-state index in [1.165, 1.54) is 10.5 Å². The Balaban J connectivity index is 1.44. The molecule has 2 aliphatic heterocycles. The molecular weight excluding hydrogens is 399 g/mol. The molecule has 2 aromatic rings. The standard InChI is InChI=1S/C22H29FN6O2/c1-3-18-14-31-22(30)29(18)20-12-19(23)26-21(27-20)25-15(2)17-6-4-16(5-7-17)13-28-10-8-24-9-11-28/h4-7,12,15,18,24H,3,8-11,13-14H2,1-2H3,(H,25,26,27)/t15-,18-/m0/s1. The summed E-state index contributed by atoms with van der Waals surface area (Å²) in [5, 5.41) is 6.52. The van der Waals surface area contributed by atoms with E-state index in [1.54, 1.807) is 0 Å². The van der Waals surface area contributed by atoms with Gasteiger partial charge >= 0.3 is 6.09 Å². The highest BCUT2D eigenvalue weighted by Crippen LogP contribution is 2.25. The third kappa shape index (κ3) is 5.11. The first-order chi connectivity index (χ1) is 15.0. The predicted molar refractivity (Wildman–Crippen MR) is 117 cm³/mol. The second kappa shape index (κ2) is 9.57. The van der Waals surface area contributed by atoms with Crippen LogP contribution in [0.25, 0.3) is 0 Å². The van der Waals surface area contributed by atoms with Gasteiger partial charge in [0.15, 0.2) is 0 Å². The zero-order valence-electron chi connectivity index (χ0n) is 18.0. The van der Waals surface area contributed by atoms with Crippen molar-refractivity contribution < 1.29 is 13.9 Å². The first-order valence-electron chi connectivity index (χ1n) is 10.8. The van der Waals surface area contributed by atoms with Crippen molar-refractivity contribution in [1.29, 1.82) is 0 Å². The molecule has 8 nitrogen and oxygen atoms in total. The summed E-state index contributed by atoms with van der Waals surface area (Å²) in [6.07, 6.45) is 0.181. The smallest absolute Gasteiger partial charge is 0.415 e. The average molecular weight is 429 g/mol. The first-order valence-corrected chi connectivity index (χ1v) is 10.8. The molecular formula is C22H29FN6O2. The average Bonchev–Trinajstić information content (AvgIpc) is 3.15. The first kappa shape index (κ1) is 21.5. The molecule has 0 bridgehead atoms. The van der Waals surface area contributed by atoms with Crippen molar-refractivity contribution >= 4 is 17.9 Å². The number of hydrogen-bond donors (Lipinski definition) is 2. The van der Waals surface area contributed by atoms with Crippen LogP contribution in [0.2, 0.25) is 0 Å². The number of anilines is 2. The van der Waals surface area contributed by atoms with E-state index in [0.29, 0.717) is 6.42 Å². The van der Waals surface area contributed by atoms with Crippen molar-refractivity contribution in [3.05, 3.63) is 47.4 Å². The van der Waals surface area contributed by atoms with Gasteiger partial charge in [0.2, 0.25) is 11.9 Å². The van der Waals surface area contributed by atoms with E-state index in [4.69, 9.17) is 4.74 Å². The molecule has 2 fully saturated rings. The van der Waals surface area contributed by atoms with Crippen LogP contribution in [0.4, 0.5) is 21.0 Å². The van der Waals surface area contributed by atoms with Crippen LogP contribution >= 0.6 is 0 Å². The van der Waals surface area contributed by atoms with Gasteiger partial charge in [-0.15, -0.1) is 0 Å². The number of nitrogens with zero attached hydrogens (tertiary/aromatic N) is 4. The van der Waals surface area contributed by atoms with Crippen molar-refractivity contribution in [2.45, 2.75) is 38.9 Å². The summed E-state index contributed by atoms with van der Waals surface area (Å²) >= 11 is 0. The highest BCUT2D eigenvalue weighted by Gasteiger charge is 2.34. The number of cyclic esters (lactones) is 1. The molecule has 31 heavy (non-hydrogen) atoms. The van der Waals surface area contributed by atoms with Crippen LogP contribution in [0.3, 0.4) is 0 Å². The Morgan fingerprint density at radius 1 is 1.26 bits per heavy atom. The molecule has 1 aromatic carbocycles. The zero-order chi connectivity index (χ0) is 21.8. The van der Waals surface area contributed by atoms with Crippen molar-refractivity contribution in [1.82, 2.24) is 20.2 Å². The number of ether oxygens (including phenoxy) is 1. The number of carbonyl (C=O) groups excluding carboxylic acids is 1. The molecule has 2 aliphatic rings. The molecule has 3 heterocycles. The quantitative estimate of drug-likeness (QED) is 0.656. The number of rotatable bonds is 7. The number of benzene rings is 1. The normalized spacial score (nSPS) is 20.5. The number of hydrogen-bond acceptors (Lipinski definition) is 7. The minimum atomic E-state index is -0.694. The van der Waals surface area contributed by atoms with E-state index in [-0.39, 0.29) is 30.5 Å². The SMILES string of the molecule is CC[C@H]1COC(=O)N1c1cc(F)nc(N[C@@H](C)c2ccc(CN3CCNCC3)cc2)n1. The van der Waals surface area contributed by atoms with Gasteiger partial charge < -0.3 is 15.4 Å². The van der Waals surface area contributed by atoms with E-state index in [0.717, 1.165) is 44.4 Å². The van der Waals surface area contributed by atoms with Crippen LogP contribution in [0.1, 0.15) is 37.4 Å². The zero-order valence-corrected chi connectivity index (χ0v) is 18.0. The highest BCUT2D eigenvalue weighted by molar-refractivity contribution is 5.89. The number of nitrogens with one attached hydrogen (secondary N) is 2. The highest BCUT2D eigenvalue weighted by atomic mass is 19.1. The van der Waals surface area contributed by atoms with Crippen LogP contribution in [0.5, 0.6) is 0 Å². The number of aromatic nitrogens is 2. The molecule has 2 N–H and O–H groups in total. The summed E-state index contributed by atoms with van der Waals surface area (Å²) < 4.78 is 19.3. The maximum absolute atomic E-state index is 14.2. The Morgan fingerprint density at radius 3 is 2.71 bits per heavy atom. The molecule has 0 aliphatic carbocycles. The third-order valence-electron chi connectivity index (χ3n) is 5.80. The van der Waals surface area contributed by atoms with Gasteiger partial charge in [0, 0.05) is 38.8 Å². The van der Waals surface area contributed by atoms with E-state index in [2.05, 4.69) is 49.8 Å². The topological polar surface area (TPSA) is 82.6 Å². The monoisotopic (exact) mass is 428 g/mol. The molecule has 1 aromatic heterocycles. The summed E-state index contributed by atoms with van der Waals surface area (Å²) in [7, 11) is 0. The lowest BCUT2D eigenvalue weighted by Gasteiger charge is -2.27. The minimum absolute atomic E-state index is 0.129. The molecule has 0 saturated carbocycles. The van der Waals surface area contributed by atoms with Gasteiger partial charge in [-0.05, 0) is 24.5 Å². The van der Waals surface area contributed by atoms with Crippen molar-refractivity contribution in [2.75, 3.05) is 43.0 Å². The molecule has 4 rings (SSSR count). The number of halogens is 1. The lowest BCUT2D eigenvalue weighted by atomic mass is 10.1. The fourth-order valence-electron chi connectivity index (χ4n) is 3.95. The number of amides is 1. The van der Waals surface area contributed by atoms with Gasteiger partial charge in [0.25, 0.3) is 0 Å². The Bertz CT molecular complexity index is 903. The fraction of sp³-hybridized carbons (Fsp3) is 0.500. The summed E-state index contributed by atoms with van der Waals surface area (Å²) in [6.45, 7) is 9.31. The number of piperazine rings is 1. The molecule has 0 radical (unpaired) electrons. The van der Waals surface area contributed by atoms with Gasteiger partial charge in [0.05, 0.1) is 12.1 Å². The maximum atomic E-state index is 14.2. The second-order valence-corrected chi connectivity index (χ2v) is 8.02. The van der Waals surface area contributed by atoms with Crippen LogP contribution in [0, 0.1) is 5.95 Å². The van der Waals surface area contributed by atoms with Crippen molar-refractivity contribution in [3.63, 3.8) is 0 Å². The van der Waals surface area contributed by atoms with Gasteiger partial charge in [-0.2, -0.15) is 14.4 Å². The lowest BCUT2D eigenvalue weighted by molar-refractivity contribution is 0.178. The van der Waals surface area contributed by atoms with Crippen LogP contribution in [-0.4, -0.2) is 59.8 Å². The van der Waals surface area contributed by atoms with E-state index >= 15 is 0 Å². The molecule has 9 heteroatoms. The summed E-state index contributed by atoms with van der Waals surface area (Å²) in [5.41, 5.74) is 2.31. The molecule has 2 atom stereocenters. The molecule has 2 saturated heterocycles. The fourth-order valence-corrected chi connectivity index (χ4v) is 3.95. The minimum Gasteiger partial charge on any atom is -0.447 e. The van der Waals surface area contributed by atoms with Gasteiger partial charge in [-0.25, -0.2) is 4.79 Å². The van der Waals surface area contributed by atoms with E-state index < -0.39 is 12.0 Å². The molecule has 1 amide bonds. The molecule has 0 unspecified atom stereocenters. The van der Waals surface area contributed by atoms with Crippen LogP contribution in [-0.2, 0) is 11.3 Å².